The Morgan fingerprint density at radius 3 is 2.56 bits per heavy atom. The standard InChI is InChI=1S/C14H18O4/c1-2-4-13(17)14(18)8-7-10-5-3-6-12(16)11(10)9-15/h2-8,13-18H,9H2,1H3/b4-2+,8-7+/t13-,14+/m0/s1/i9D/t9?,13-,14+. The van der Waals surface area contributed by atoms with Gasteiger partial charge < -0.3 is 20.4 Å². The number of aromatic hydroxyl groups is 1. The Bertz CT molecular complexity index is 469. The van der Waals surface area contributed by atoms with Crippen LogP contribution in [0.5, 0.6) is 5.75 Å². The first-order valence-corrected chi connectivity index (χ1v) is 5.56. The molecule has 0 aliphatic heterocycles. The van der Waals surface area contributed by atoms with Gasteiger partial charge in [-0.2, -0.15) is 0 Å². The fourth-order valence-electron chi connectivity index (χ4n) is 1.48. The molecule has 1 rings (SSSR count). The van der Waals surface area contributed by atoms with E-state index in [1.165, 1.54) is 24.3 Å². The average Bonchev–Trinajstić information content (AvgIpc) is 2.35. The van der Waals surface area contributed by atoms with Crippen molar-refractivity contribution in [1.82, 2.24) is 0 Å². The van der Waals surface area contributed by atoms with Gasteiger partial charge in [-0.1, -0.05) is 36.4 Å². The smallest absolute Gasteiger partial charge is 0.121 e. The lowest BCUT2D eigenvalue weighted by Gasteiger charge is -2.10. The highest BCUT2D eigenvalue weighted by Gasteiger charge is 2.09. The maximum atomic E-state index is 9.65. The minimum absolute atomic E-state index is 0.0615. The Balaban J connectivity index is 2.96. The van der Waals surface area contributed by atoms with E-state index in [2.05, 4.69) is 0 Å². The fraction of sp³-hybridized carbons (Fsp3) is 0.286. The molecule has 0 radical (unpaired) electrons. The summed E-state index contributed by atoms with van der Waals surface area (Å²) in [4.78, 5) is 0. The highest BCUT2D eigenvalue weighted by molar-refractivity contribution is 5.58. The fourth-order valence-corrected chi connectivity index (χ4v) is 1.48. The third-order valence-corrected chi connectivity index (χ3v) is 2.46. The predicted molar refractivity (Wildman–Crippen MR) is 69.9 cm³/mol. The highest BCUT2D eigenvalue weighted by Crippen LogP contribution is 2.22. The zero-order valence-corrected chi connectivity index (χ0v) is 10.1. The molecule has 1 aromatic carbocycles. The van der Waals surface area contributed by atoms with Crippen molar-refractivity contribution in [2.45, 2.75) is 25.7 Å². The molecule has 18 heavy (non-hydrogen) atoms. The van der Waals surface area contributed by atoms with Gasteiger partial charge in [0, 0.05) is 5.56 Å². The van der Waals surface area contributed by atoms with Gasteiger partial charge in [-0.25, -0.2) is 0 Å². The second-order valence-corrected chi connectivity index (χ2v) is 3.78. The summed E-state index contributed by atoms with van der Waals surface area (Å²) < 4.78 is 7.28. The Morgan fingerprint density at radius 2 is 1.94 bits per heavy atom. The van der Waals surface area contributed by atoms with E-state index >= 15 is 0 Å². The van der Waals surface area contributed by atoms with E-state index in [0.29, 0.717) is 5.56 Å². The molecule has 0 fully saturated rings. The summed E-state index contributed by atoms with van der Waals surface area (Å²) in [5.74, 6) is -0.187. The first-order chi connectivity index (χ1) is 8.97. The van der Waals surface area contributed by atoms with Crippen molar-refractivity contribution >= 4 is 6.08 Å². The molecule has 0 heterocycles. The third-order valence-electron chi connectivity index (χ3n) is 2.46. The van der Waals surface area contributed by atoms with Crippen molar-refractivity contribution in [2.75, 3.05) is 0 Å². The second kappa shape index (κ2) is 6.96. The van der Waals surface area contributed by atoms with E-state index in [0.717, 1.165) is 0 Å². The number of hydrogen-bond donors (Lipinski definition) is 4. The van der Waals surface area contributed by atoms with E-state index in [1.54, 1.807) is 25.1 Å². The van der Waals surface area contributed by atoms with Gasteiger partial charge in [0.1, 0.15) is 18.0 Å². The van der Waals surface area contributed by atoms with Crippen molar-refractivity contribution in [3.8, 4) is 5.75 Å². The zero-order valence-electron chi connectivity index (χ0n) is 11.1. The summed E-state index contributed by atoms with van der Waals surface area (Å²) in [6, 6.07) is 4.53. The van der Waals surface area contributed by atoms with E-state index in [9.17, 15) is 20.4 Å². The maximum Gasteiger partial charge on any atom is 0.121 e. The van der Waals surface area contributed by atoms with Crippen molar-refractivity contribution in [3.05, 3.63) is 47.6 Å². The lowest BCUT2D eigenvalue weighted by molar-refractivity contribution is 0.0812. The molecular formula is C14H18O4. The summed E-state index contributed by atoms with van der Waals surface area (Å²) in [6.45, 7) is 0.155. The molecule has 3 atom stereocenters. The van der Waals surface area contributed by atoms with E-state index in [-0.39, 0.29) is 11.3 Å². The van der Waals surface area contributed by atoms with Gasteiger partial charge in [0.15, 0.2) is 0 Å². The number of aliphatic hydroxyl groups excluding tert-OH is 3. The Hall–Kier alpha value is -1.62. The highest BCUT2D eigenvalue weighted by atomic mass is 16.3. The van der Waals surface area contributed by atoms with Crippen LogP contribution in [0.4, 0.5) is 0 Å². The Morgan fingerprint density at radius 1 is 1.28 bits per heavy atom. The van der Waals surface area contributed by atoms with Crippen LogP contribution in [0, 0.1) is 0 Å². The van der Waals surface area contributed by atoms with E-state index < -0.39 is 18.8 Å². The van der Waals surface area contributed by atoms with Crippen LogP contribution in [-0.4, -0.2) is 32.6 Å². The minimum atomic E-state index is -1.57. The molecular weight excluding hydrogens is 232 g/mol. The number of benzene rings is 1. The molecule has 0 aliphatic carbocycles. The Kier molecular flexibility index (Phi) is 4.96. The molecule has 1 aromatic rings. The van der Waals surface area contributed by atoms with Crippen molar-refractivity contribution < 1.29 is 21.8 Å². The van der Waals surface area contributed by atoms with Gasteiger partial charge in [-0.05, 0) is 18.6 Å². The van der Waals surface area contributed by atoms with Gasteiger partial charge in [0.2, 0.25) is 0 Å². The molecule has 4 N–H and O–H groups in total. The van der Waals surface area contributed by atoms with Gasteiger partial charge in [0.05, 0.1) is 7.95 Å². The summed E-state index contributed by atoms with van der Waals surface area (Å²) in [6.07, 6.45) is 3.72. The van der Waals surface area contributed by atoms with Crippen LogP contribution in [0.15, 0.2) is 36.4 Å². The predicted octanol–water partition coefficient (Wildman–Crippen LogP) is 1.20. The number of rotatable bonds is 5. The van der Waals surface area contributed by atoms with Crippen molar-refractivity contribution in [2.24, 2.45) is 0 Å². The molecule has 0 aromatic heterocycles. The largest absolute Gasteiger partial charge is 0.508 e. The third kappa shape index (κ3) is 3.70. The number of hydrogen-bond acceptors (Lipinski definition) is 4. The first-order valence-electron chi connectivity index (χ1n) is 6.14. The normalized spacial score (nSPS) is 17.9. The summed E-state index contributed by atoms with van der Waals surface area (Å²) in [5, 5.41) is 38.0. The summed E-state index contributed by atoms with van der Waals surface area (Å²) in [5.41, 5.74) is 0.473. The molecule has 1 unspecified atom stereocenters. The monoisotopic (exact) mass is 251 g/mol. The lowest BCUT2D eigenvalue weighted by Crippen LogP contribution is -2.20. The summed E-state index contributed by atoms with van der Waals surface area (Å²) in [7, 11) is 0. The maximum absolute atomic E-state index is 9.65. The van der Waals surface area contributed by atoms with Crippen LogP contribution >= 0.6 is 0 Å². The molecule has 0 amide bonds. The minimum Gasteiger partial charge on any atom is -0.508 e. The van der Waals surface area contributed by atoms with Crippen LogP contribution in [0.1, 0.15) is 19.4 Å². The molecule has 0 spiro atoms. The lowest BCUT2D eigenvalue weighted by atomic mass is 10.0. The van der Waals surface area contributed by atoms with Gasteiger partial charge in [-0.15, -0.1) is 0 Å². The number of aliphatic hydroxyl groups is 3. The topological polar surface area (TPSA) is 80.9 Å². The Labute approximate surface area is 108 Å². The van der Waals surface area contributed by atoms with Crippen molar-refractivity contribution in [3.63, 3.8) is 0 Å². The zero-order chi connectivity index (χ0) is 14.4. The first kappa shape index (κ1) is 12.8. The molecule has 4 nitrogen and oxygen atoms in total. The molecule has 0 aliphatic rings. The van der Waals surface area contributed by atoms with E-state index in [1.807, 2.05) is 0 Å². The van der Waals surface area contributed by atoms with Crippen LogP contribution in [0.2, 0.25) is 0 Å². The average molecular weight is 251 g/mol. The van der Waals surface area contributed by atoms with Crippen LogP contribution in [0.25, 0.3) is 6.08 Å². The molecule has 4 heteroatoms. The quantitative estimate of drug-likeness (QED) is 0.593. The summed E-state index contributed by atoms with van der Waals surface area (Å²) >= 11 is 0. The van der Waals surface area contributed by atoms with Gasteiger partial charge in [0.25, 0.3) is 0 Å². The SMILES string of the molecule is [2H]C(O)c1c(O)cccc1/C=C/[C@@H](O)[C@@H](O)/C=C/C. The van der Waals surface area contributed by atoms with E-state index in [4.69, 9.17) is 1.37 Å². The van der Waals surface area contributed by atoms with Gasteiger partial charge in [-0.3, -0.25) is 0 Å². The van der Waals surface area contributed by atoms with Gasteiger partial charge >= 0.3 is 0 Å². The van der Waals surface area contributed by atoms with Crippen LogP contribution < -0.4 is 0 Å². The molecule has 98 valence electrons. The number of allylic oxidation sites excluding steroid dienone is 1. The second-order valence-electron chi connectivity index (χ2n) is 3.78. The molecule has 0 bridgehead atoms. The number of phenols is 1. The molecule has 0 saturated carbocycles. The molecule has 0 saturated heterocycles. The van der Waals surface area contributed by atoms with Crippen molar-refractivity contribution in [1.29, 1.82) is 0 Å². The van der Waals surface area contributed by atoms with Crippen LogP contribution in [-0.2, 0) is 6.58 Å². The van der Waals surface area contributed by atoms with Crippen LogP contribution in [0.3, 0.4) is 0 Å².